The van der Waals surface area contributed by atoms with Crippen molar-refractivity contribution in [2.75, 3.05) is 0 Å². The number of hydrogen-bond acceptors (Lipinski definition) is 3. The predicted octanol–water partition coefficient (Wildman–Crippen LogP) is 2.22. The number of nitrogens with one attached hydrogen (secondary N) is 1. The minimum absolute atomic E-state index is 0.360. The molecule has 3 rings (SSSR count). The number of benzene rings is 1. The quantitative estimate of drug-likeness (QED) is 0.882. The first-order valence-corrected chi connectivity index (χ1v) is 7.01. The molecule has 0 aliphatic heterocycles. The Morgan fingerprint density at radius 2 is 2.14 bits per heavy atom. The highest BCUT2D eigenvalue weighted by molar-refractivity contribution is 6.07. The number of rotatable bonds is 5. The lowest BCUT2D eigenvalue weighted by Crippen LogP contribution is -2.41. The summed E-state index contributed by atoms with van der Waals surface area (Å²) in [5.74, 6) is -0.907. The number of carbonyl (C=O) groups excluding carboxylic acids is 1. The Balaban J connectivity index is 1.84. The fourth-order valence-corrected chi connectivity index (χ4v) is 2.46. The molecular weight excluding hydrogens is 268 g/mol. The third-order valence-electron chi connectivity index (χ3n) is 3.80. The van der Waals surface area contributed by atoms with Gasteiger partial charge >= 0.3 is 5.97 Å². The van der Waals surface area contributed by atoms with E-state index in [4.69, 9.17) is 0 Å². The van der Waals surface area contributed by atoms with Crippen molar-refractivity contribution in [2.24, 2.45) is 5.92 Å². The summed E-state index contributed by atoms with van der Waals surface area (Å²) in [7, 11) is 0. The SMILES string of the molecule is O=C(NC(CC1CC1)C(=O)O)c1cccc2ccncc12. The van der Waals surface area contributed by atoms with Gasteiger partial charge in [0.25, 0.3) is 5.91 Å². The third kappa shape index (κ3) is 3.02. The van der Waals surface area contributed by atoms with Gasteiger partial charge in [0.05, 0.1) is 0 Å². The molecule has 1 aromatic heterocycles. The second-order valence-corrected chi connectivity index (χ2v) is 5.45. The topological polar surface area (TPSA) is 79.3 Å². The normalized spacial score (nSPS) is 15.6. The van der Waals surface area contributed by atoms with Crippen LogP contribution in [0.5, 0.6) is 0 Å². The van der Waals surface area contributed by atoms with Gasteiger partial charge in [-0.3, -0.25) is 9.78 Å². The van der Waals surface area contributed by atoms with Crippen molar-refractivity contribution >= 4 is 22.6 Å². The summed E-state index contributed by atoms with van der Waals surface area (Å²) in [4.78, 5) is 27.7. The van der Waals surface area contributed by atoms with Crippen LogP contribution in [0.4, 0.5) is 0 Å². The second kappa shape index (κ2) is 5.52. The van der Waals surface area contributed by atoms with Crippen LogP contribution in [0, 0.1) is 5.92 Å². The molecule has 1 heterocycles. The number of carboxylic acid groups (broad SMARTS) is 1. The van der Waals surface area contributed by atoms with Gasteiger partial charge < -0.3 is 10.4 Å². The average Bonchev–Trinajstić information content (AvgIpc) is 3.29. The van der Waals surface area contributed by atoms with E-state index >= 15 is 0 Å². The smallest absolute Gasteiger partial charge is 0.326 e. The van der Waals surface area contributed by atoms with Crippen molar-refractivity contribution in [3.8, 4) is 0 Å². The first-order chi connectivity index (χ1) is 10.1. The highest BCUT2D eigenvalue weighted by Gasteiger charge is 2.30. The highest BCUT2D eigenvalue weighted by atomic mass is 16.4. The number of aromatic nitrogens is 1. The minimum atomic E-state index is -0.978. The van der Waals surface area contributed by atoms with Crippen molar-refractivity contribution in [2.45, 2.75) is 25.3 Å². The fraction of sp³-hybridized carbons (Fsp3) is 0.312. The molecule has 0 saturated heterocycles. The number of carbonyl (C=O) groups is 2. The maximum absolute atomic E-state index is 12.4. The molecular formula is C16H16N2O3. The van der Waals surface area contributed by atoms with E-state index in [0.29, 0.717) is 17.9 Å². The number of hydrogen-bond donors (Lipinski definition) is 2. The van der Waals surface area contributed by atoms with Crippen molar-refractivity contribution in [1.29, 1.82) is 0 Å². The Bertz CT molecular complexity index is 689. The molecule has 2 N–H and O–H groups in total. The van der Waals surface area contributed by atoms with E-state index in [9.17, 15) is 14.7 Å². The van der Waals surface area contributed by atoms with Crippen LogP contribution < -0.4 is 5.32 Å². The van der Waals surface area contributed by atoms with E-state index in [1.165, 1.54) is 0 Å². The Labute approximate surface area is 122 Å². The molecule has 0 bridgehead atoms. The molecule has 0 radical (unpaired) electrons. The van der Waals surface area contributed by atoms with Crippen molar-refractivity contribution in [1.82, 2.24) is 10.3 Å². The van der Waals surface area contributed by atoms with Gasteiger partial charge in [-0.25, -0.2) is 4.79 Å². The van der Waals surface area contributed by atoms with Gasteiger partial charge in [0.2, 0.25) is 0 Å². The molecule has 21 heavy (non-hydrogen) atoms. The van der Waals surface area contributed by atoms with Crippen LogP contribution in [0.2, 0.25) is 0 Å². The number of pyridine rings is 1. The summed E-state index contributed by atoms with van der Waals surface area (Å²) in [6.07, 6.45) is 5.90. The summed E-state index contributed by atoms with van der Waals surface area (Å²) in [6, 6.07) is 6.37. The first-order valence-electron chi connectivity index (χ1n) is 7.01. The van der Waals surface area contributed by atoms with E-state index in [0.717, 1.165) is 23.6 Å². The number of aliphatic carboxylic acids is 1. The van der Waals surface area contributed by atoms with Crippen LogP contribution >= 0.6 is 0 Å². The molecule has 1 aromatic carbocycles. The predicted molar refractivity (Wildman–Crippen MR) is 78.0 cm³/mol. The van der Waals surface area contributed by atoms with Gasteiger partial charge in [0.1, 0.15) is 6.04 Å². The lowest BCUT2D eigenvalue weighted by Gasteiger charge is -2.15. The molecule has 1 unspecified atom stereocenters. The van der Waals surface area contributed by atoms with Crippen LogP contribution in [-0.2, 0) is 4.79 Å². The minimum Gasteiger partial charge on any atom is -0.480 e. The average molecular weight is 284 g/mol. The summed E-state index contributed by atoms with van der Waals surface area (Å²) < 4.78 is 0. The zero-order valence-electron chi connectivity index (χ0n) is 11.5. The Morgan fingerprint density at radius 1 is 1.33 bits per heavy atom. The zero-order valence-corrected chi connectivity index (χ0v) is 11.5. The summed E-state index contributed by atoms with van der Waals surface area (Å²) in [6.45, 7) is 0. The zero-order chi connectivity index (χ0) is 14.8. The lowest BCUT2D eigenvalue weighted by molar-refractivity contribution is -0.139. The molecule has 1 fully saturated rings. The van der Waals surface area contributed by atoms with Crippen LogP contribution in [-0.4, -0.2) is 28.0 Å². The fourth-order valence-electron chi connectivity index (χ4n) is 2.46. The Morgan fingerprint density at radius 3 is 2.86 bits per heavy atom. The summed E-state index contributed by atoms with van der Waals surface area (Å²) in [5.41, 5.74) is 0.461. The van der Waals surface area contributed by atoms with Crippen LogP contribution in [0.15, 0.2) is 36.7 Å². The highest BCUT2D eigenvalue weighted by Crippen LogP contribution is 2.33. The van der Waals surface area contributed by atoms with Gasteiger partial charge in [-0.2, -0.15) is 0 Å². The second-order valence-electron chi connectivity index (χ2n) is 5.45. The molecule has 1 aliphatic carbocycles. The van der Waals surface area contributed by atoms with Gasteiger partial charge in [-0.05, 0) is 29.9 Å². The molecule has 0 spiro atoms. The van der Waals surface area contributed by atoms with Gasteiger partial charge in [0, 0.05) is 23.3 Å². The van der Waals surface area contributed by atoms with Crippen molar-refractivity contribution in [3.63, 3.8) is 0 Å². The Hall–Kier alpha value is -2.43. The summed E-state index contributed by atoms with van der Waals surface area (Å²) >= 11 is 0. The van der Waals surface area contributed by atoms with Gasteiger partial charge in [0.15, 0.2) is 0 Å². The van der Waals surface area contributed by atoms with E-state index in [1.54, 1.807) is 24.5 Å². The standard InChI is InChI=1S/C16H16N2O3/c19-15(18-14(16(20)21)8-10-4-5-10)12-3-1-2-11-6-7-17-9-13(11)12/h1-3,6-7,9-10,14H,4-5,8H2,(H,18,19)(H,20,21). The van der Waals surface area contributed by atoms with Crippen LogP contribution in [0.1, 0.15) is 29.6 Å². The molecule has 1 atom stereocenters. The maximum atomic E-state index is 12.4. The molecule has 1 aliphatic rings. The van der Waals surface area contributed by atoms with E-state index in [2.05, 4.69) is 10.3 Å². The lowest BCUT2D eigenvalue weighted by atomic mass is 10.0. The van der Waals surface area contributed by atoms with Gasteiger partial charge in [-0.1, -0.05) is 25.0 Å². The molecule has 108 valence electrons. The van der Waals surface area contributed by atoms with Crippen molar-refractivity contribution < 1.29 is 14.7 Å². The number of nitrogens with zero attached hydrogens (tertiary/aromatic N) is 1. The van der Waals surface area contributed by atoms with Crippen LogP contribution in [0.3, 0.4) is 0 Å². The third-order valence-corrected chi connectivity index (χ3v) is 3.80. The summed E-state index contributed by atoms with van der Waals surface area (Å²) in [5, 5.41) is 13.5. The molecule has 1 amide bonds. The molecule has 1 saturated carbocycles. The first kappa shape index (κ1) is 13.5. The molecule has 5 heteroatoms. The number of amides is 1. The van der Waals surface area contributed by atoms with E-state index in [-0.39, 0.29) is 5.91 Å². The van der Waals surface area contributed by atoms with E-state index in [1.807, 2.05) is 12.1 Å². The number of fused-ring (bicyclic) bond motifs is 1. The number of carboxylic acids is 1. The monoisotopic (exact) mass is 284 g/mol. The molecule has 5 nitrogen and oxygen atoms in total. The van der Waals surface area contributed by atoms with Crippen LogP contribution in [0.25, 0.3) is 10.8 Å². The molecule has 2 aromatic rings. The Kier molecular flexibility index (Phi) is 3.56. The van der Waals surface area contributed by atoms with Crippen molar-refractivity contribution in [3.05, 3.63) is 42.2 Å². The maximum Gasteiger partial charge on any atom is 0.326 e. The van der Waals surface area contributed by atoms with E-state index < -0.39 is 12.0 Å². The van der Waals surface area contributed by atoms with Gasteiger partial charge in [-0.15, -0.1) is 0 Å². The largest absolute Gasteiger partial charge is 0.480 e.